The minimum atomic E-state index is -0.662. The van der Waals surface area contributed by atoms with Gasteiger partial charge in [-0.25, -0.2) is 0 Å². The predicted octanol–water partition coefficient (Wildman–Crippen LogP) is 19.0. The minimum absolute atomic E-state index is 0.0378. The van der Waals surface area contributed by atoms with Gasteiger partial charge in [0.25, 0.3) is 0 Å². The molecule has 3 heteroatoms. The van der Waals surface area contributed by atoms with Crippen molar-refractivity contribution in [1.29, 1.82) is 0 Å². The zero-order chi connectivity index (χ0) is 51.5. The van der Waals surface area contributed by atoms with Crippen LogP contribution in [-0.2, 0) is 5.41 Å². The van der Waals surface area contributed by atoms with Crippen LogP contribution in [0.5, 0.6) is 0 Å². The van der Waals surface area contributed by atoms with E-state index >= 15 is 0 Å². The third-order valence-electron chi connectivity index (χ3n) is 16.0. The van der Waals surface area contributed by atoms with Crippen LogP contribution in [0.25, 0.3) is 71.3 Å². The lowest BCUT2D eigenvalue weighted by molar-refractivity contribution is 0.518. The van der Waals surface area contributed by atoms with Gasteiger partial charge in [0.2, 0.25) is 0 Å². The highest BCUT2D eigenvalue weighted by atomic mass is 16.3. The van der Waals surface area contributed by atoms with E-state index in [0.717, 1.165) is 52.1 Å². The van der Waals surface area contributed by atoms with E-state index in [2.05, 4.69) is 236 Å². The summed E-state index contributed by atoms with van der Waals surface area (Å²) in [4.78, 5) is 2.39. The molecule has 2 aliphatic carbocycles. The van der Waals surface area contributed by atoms with Crippen molar-refractivity contribution in [3.8, 4) is 22.3 Å². The number of furan rings is 1. The minimum Gasteiger partial charge on any atom is -0.460 e. The first kappa shape index (κ1) is 46.4. The van der Waals surface area contributed by atoms with Gasteiger partial charge in [0.05, 0.1) is 28.0 Å². The van der Waals surface area contributed by atoms with Crippen molar-refractivity contribution in [2.24, 2.45) is 0 Å². The predicted molar refractivity (Wildman–Crippen MR) is 322 cm³/mol. The van der Waals surface area contributed by atoms with Gasteiger partial charge in [-0.1, -0.05) is 214 Å². The second-order valence-electron chi connectivity index (χ2n) is 20.2. The molecule has 0 spiro atoms. The number of benzene rings is 8. The van der Waals surface area contributed by atoms with Crippen LogP contribution >= 0.6 is 0 Å². The van der Waals surface area contributed by atoms with Gasteiger partial charge in [-0.2, -0.15) is 0 Å². The lowest BCUT2D eigenvalue weighted by atomic mass is 9.67. The molecule has 2 unspecified atom stereocenters. The highest BCUT2D eigenvalue weighted by Gasteiger charge is 2.47. The largest absolute Gasteiger partial charge is 0.460 e. The van der Waals surface area contributed by atoms with Gasteiger partial charge in [0.15, 0.2) is 0 Å². The standard InChI is InChI=1S/C73H56N2O/c1-6-8-21-48(3)49(4)32-33-50(5)74(57-38-34-51(35-39-57)59(20-7-2)71-46-54-22-15-18-31-70(54)76-71)58-40-42-61-60-41-36-53(45-66(60)73(67(61)47-58,55-23-11-9-12-24-55)56-25-13-10-14-26-56)52-37-43-69-65(44-52)64-29-19-28-63-62-27-16-17-30-68(62)75(69)72(63)64/h6-19,21-38,40-47,57,59H,1-5,20,39H2/b21-8-,33-32-. The SMILES string of the molecule is C=C/C=C\C(=C)C(=C)/C=C\C(=C)N(c1ccc2c(c1)C(c1ccccc1)(c1ccccc1)c1cc(-c3ccc4c(c3)c3cccc5c6ccccc6n4c53)ccc1-2)C1C=CC(C(CC=C)c2cc3ccccc3o2)=CC1. The molecule has 0 bridgehead atoms. The molecule has 364 valence electrons. The number of allylic oxidation sites excluding steroid dienone is 10. The third-order valence-corrected chi connectivity index (χ3v) is 16.0. The Morgan fingerprint density at radius 3 is 2.00 bits per heavy atom. The molecular formula is C73H56N2O. The molecule has 0 N–H and O–H groups in total. The second kappa shape index (κ2) is 18.8. The number of hydrogen-bond acceptors (Lipinski definition) is 2. The molecular weight excluding hydrogens is 921 g/mol. The Morgan fingerprint density at radius 1 is 0.618 bits per heavy atom. The van der Waals surface area contributed by atoms with Crippen LogP contribution in [0.1, 0.15) is 46.8 Å². The molecule has 3 aromatic heterocycles. The molecule has 2 atom stereocenters. The van der Waals surface area contributed by atoms with Crippen LogP contribution in [0.15, 0.2) is 302 Å². The van der Waals surface area contributed by atoms with Crippen LogP contribution in [0.4, 0.5) is 5.69 Å². The van der Waals surface area contributed by atoms with Crippen molar-refractivity contribution in [3.63, 3.8) is 0 Å². The first-order valence-electron chi connectivity index (χ1n) is 26.2. The first-order valence-corrected chi connectivity index (χ1v) is 26.2. The van der Waals surface area contributed by atoms with Crippen LogP contribution < -0.4 is 4.90 Å². The summed E-state index contributed by atoms with van der Waals surface area (Å²) in [6.45, 7) is 21.4. The lowest BCUT2D eigenvalue weighted by Crippen LogP contribution is -2.34. The van der Waals surface area contributed by atoms with Gasteiger partial charge in [-0.05, 0) is 129 Å². The number of para-hydroxylation sites is 3. The molecule has 0 fully saturated rings. The van der Waals surface area contributed by atoms with Crippen molar-refractivity contribution < 1.29 is 4.42 Å². The molecule has 13 rings (SSSR count). The molecule has 0 radical (unpaired) electrons. The fourth-order valence-electron chi connectivity index (χ4n) is 12.5. The Labute approximate surface area is 444 Å². The Hall–Kier alpha value is -9.44. The number of anilines is 1. The molecule has 0 saturated heterocycles. The number of nitrogens with zero attached hydrogens (tertiary/aromatic N) is 2. The van der Waals surface area contributed by atoms with E-state index in [-0.39, 0.29) is 12.0 Å². The summed E-state index contributed by atoms with van der Waals surface area (Å²) in [5.74, 6) is 0.984. The van der Waals surface area contributed by atoms with E-state index in [1.807, 2.05) is 36.4 Å². The summed E-state index contributed by atoms with van der Waals surface area (Å²) < 4.78 is 8.93. The van der Waals surface area contributed by atoms with Crippen molar-refractivity contribution in [2.75, 3.05) is 4.90 Å². The molecule has 8 aromatic carbocycles. The fraction of sp³-hybridized carbons (Fsp3) is 0.0685. The van der Waals surface area contributed by atoms with E-state index in [1.54, 1.807) is 6.08 Å². The summed E-state index contributed by atoms with van der Waals surface area (Å²) in [5.41, 5.74) is 18.4. The highest BCUT2D eigenvalue weighted by molar-refractivity contribution is 6.23. The number of aromatic nitrogens is 1. The van der Waals surface area contributed by atoms with E-state index in [4.69, 9.17) is 11.0 Å². The van der Waals surface area contributed by atoms with Crippen molar-refractivity contribution in [2.45, 2.75) is 30.2 Å². The summed E-state index contributed by atoms with van der Waals surface area (Å²) in [6, 6.07) is 69.3. The molecule has 0 aliphatic heterocycles. The van der Waals surface area contributed by atoms with Crippen molar-refractivity contribution in [3.05, 3.63) is 326 Å². The summed E-state index contributed by atoms with van der Waals surface area (Å²) in [7, 11) is 0. The number of hydrogen-bond donors (Lipinski definition) is 0. The van der Waals surface area contributed by atoms with Gasteiger partial charge in [-0.3, -0.25) is 0 Å². The molecule has 3 nitrogen and oxygen atoms in total. The van der Waals surface area contributed by atoms with Crippen molar-refractivity contribution >= 4 is 54.8 Å². The maximum absolute atomic E-state index is 6.48. The molecule has 76 heavy (non-hydrogen) atoms. The first-order chi connectivity index (χ1) is 37.3. The molecule has 2 aliphatic rings. The van der Waals surface area contributed by atoms with Crippen molar-refractivity contribution in [1.82, 2.24) is 4.40 Å². The molecule has 0 saturated carbocycles. The third kappa shape index (κ3) is 7.41. The fourth-order valence-corrected chi connectivity index (χ4v) is 12.5. The van der Waals surface area contributed by atoms with E-state index in [0.29, 0.717) is 0 Å². The summed E-state index contributed by atoms with van der Waals surface area (Å²) >= 11 is 0. The lowest BCUT2D eigenvalue weighted by Gasteiger charge is -2.37. The smallest absolute Gasteiger partial charge is 0.134 e. The van der Waals surface area contributed by atoms with Crippen LogP contribution in [0, 0.1) is 0 Å². The topological polar surface area (TPSA) is 20.8 Å². The molecule has 3 heterocycles. The average Bonchev–Trinajstić information content (AvgIpc) is 4.29. The Kier molecular flexibility index (Phi) is 11.5. The Morgan fingerprint density at radius 2 is 1.26 bits per heavy atom. The molecule has 0 amide bonds. The van der Waals surface area contributed by atoms with Crippen LogP contribution in [0.3, 0.4) is 0 Å². The van der Waals surface area contributed by atoms with E-state index < -0.39 is 5.41 Å². The Balaban J connectivity index is 0.951. The van der Waals surface area contributed by atoms with Crippen LogP contribution in [-0.4, -0.2) is 10.4 Å². The normalized spacial score (nSPS) is 15.2. The van der Waals surface area contributed by atoms with Gasteiger partial charge >= 0.3 is 0 Å². The van der Waals surface area contributed by atoms with Gasteiger partial charge in [-0.15, -0.1) is 6.58 Å². The number of fused-ring (bicyclic) bond motifs is 10. The maximum Gasteiger partial charge on any atom is 0.134 e. The van der Waals surface area contributed by atoms with Gasteiger partial charge in [0.1, 0.15) is 11.3 Å². The van der Waals surface area contributed by atoms with E-state index in [1.165, 1.54) is 88.2 Å². The summed E-state index contributed by atoms with van der Waals surface area (Å²) in [5, 5.41) is 6.22. The average molecular weight is 977 g/mol. The maximum atomic E-state index is 6.48. The Bertz CT molecular complexity index is 4210. The zero-order valence-corrected chi connectivity index (χ0v) is 42.5. The number of rotatable bonds is 15. The van der Waals surface area contributed by atoms with Crippen LogP contribution in [0.2, 0.25) is 0 Å². The highest BCUT2D eigenvalue weighted by Crippen LogP contribution is 2.58. The summed E-state index contributed by atoms with van der Waals surface area (Å²) in [6.07, 6.45) is 20.1. The molecule has 11 aromatic rings. The van der Waals surface area contributed by atoms with Gasteiger partial charge in [0, 0.05) is 44.2 Å². The quantitative estimate of drug-likeness (QED) is 0.0754. The second-order valence-corrected chi connectivity index (χ2v) is 20.2. The van der Waals surface area contributed by atoms with Gasteiger partial charge < -0.3 is 13.7 Å². The van der Waals surface area contributed by atoms with E-state index in [9.17, 15) is 0 Å². The monoisotopic (exact) mass is 976 g/mol. The zero-order valence-electron chi connectivity index (χ0n) is 42.5.